The average Bonchev–Trinajstić information content (AvgIpc) is 2.76. The quantitative estimate of drug-likeness (QED) is 0.109. The largest absolute Gasteiger partial charge is 0.573 e. The Kier molecular flexibility index (Phi) is 13.4. The summed E-state index contributed by atoms with van der Waals surface area (Å²) in [6.07, 6.45) is -6.66. The van der Waals surface area contributed by atoms with Crippen LogP contribution in [0.4, 0.5) is 35.1 Å². The summed E-state index contributed by atoms with van der Waals surface area (Å²) in [7, 11) is 0. The summed E-state index contributed by atoms with van der Waals surface area (Å²) in [5.74, 6) is -7.55. The van der Waals surface area contributed by atoms with E-state index in [0.717, 1.165) is 12.8 Å². The predicted molar refractivity (Wildman–Crippen MR) is 129 cm³/mol. The molecule has 0 aromatic carbocycles. The molecule has 0 spiro atoms. The Bertz CT molecular complexity index is 897. The maximum atomic E-state index is 14.7. The van der Waals surface area contributed by atoms with E-state index >= 15 is 0 Å². The van der Waals surface area contributed by atoms with Gasteiger partial charge in [-0.15, -0.1) is 13.2 Å². The summed E-state index contributed by atoms with van der Waals surface area (Å²) in [5, 5.41) is 0. The number of ether oxygens (including phenoxy) is 2. The van der Waals surface area contributed by atoms with E-state index < -0.39 is 53.0 Å². The van der Waals surface area contributed by atoms with Gasteiger partial charge in [0, 0.05) is 6.08 Å². The number of rotatable bonds is 16. The predicted octanol–water partition coefficient (Wildman–Crippen LogP) is 10.4. The number of allylic oxidation sites excluding steroid dienone is 4. The summed E-state index contributed by atoms with van der Waals surface area (Å²) in [6, 6.07) is 0. The molecule has 0 amide bonds. The molecule has 0 fully saturated rings. The lowest BCUT2D eigenvalue weighted by molar-refractivity contribution is -0.304. The van der Waals surface area contributed by atoms with Crippen molar-refractivity contribution in [1.29, 1.82) is 0 Å². The first-order chi connectivity index (χ1) is 16.7. The summed E-state index contributed by atoms with van der Waals surface area (Å²) >= 11 is 0. The van der Waals surface area contributed by atoms with Crippen LogP contribution in [-0.4, -0.2) is 12.5 Å². The minimum Gasteiger partial charge on any atom is -0.429 e. The standard InChI is InChI=1S/C27H36F8O2/c1-15(2)10-11-16(3)17(4)12-13-18(5)20(7)24(29)25(30)21(8)26(31,32)36-19(6)14-23(28)22(9)37-27(33,34)35/h14-18H,6-13H2,1-5H3/b23-14-,25-24-. The van der Waals surface area contributed by atoms with E-state index in [4.69, 9.17) is 0 Å². The molecule has 0 bridgehead atoms. The van der Waals surface area contributed by atoms with Gasteiger partial charge in [-0.3, -0.25) is 0 Å². The molecule has 0 aliphatic carbocycles. The van der Waals surface area contributed by atoms with Gasteiger partial charge in [0.1, 0.15) is 5.76 Å². The van der Waals surface area contributed by atoms with Crippen LogP contribution in [0.1, 0.15) is 60.3 Å². The summed E-state index contributed by atoms with van der Waals surface area (Å²) < 4.78 is 115. The molecule has 212 valence electrons. The number of hydrogen-bond donors (Lipinski definition) is 0. The molecule has 0 heterocycles. The molecule has 0 aromatic heterocycles. The van der Waals surface area contributed by atoms with E-state index in [1.54, 1.807) is 6.92 Å². The van der Waals surface area contributed by atoms with Crippen molar-refractivity contribution in [3.05, 3.63) is 72.5 Å². The SMILES string of the molecule is C=C(/C=C(\F)C(=C)OC(F)(F)F)OC(F)(F)C(=C)/C(F)=C(/F)C(=C)C(C)CCC(C)C(C)CCC(C)C. The fraction of sp³-hybridized carbons (Fsp3) is 0.556. The molecule has 0 aliphatic heterocycles. The second-order valence-electron chi connectivity index (χ2n) is 9.58. The smallest absolute Gasteiger partial charge is 0.429 e. The second kappa shape index (κ2) is 14.4. The van der Waals surface area contributed by atoms with Gasteiger partial charge in [0.2, 0.25) is 0 Å². The van der Waals surface area contributed by atoms with Gasteiger partial charge in [0.25, 0.3) is 0 Å². The van der Waals surface area contributed by atoms with Crippen molar-refractivity contribution in [3.8, 4) is 0 Å². The van der Waals surface area contributed by atoms with Crippen molar-refractivity contribution in [2.24, 2.45) is 23.7 Å². The molecule has 3 atom stereocenters. The van der Waals surface area contributed by atoms with Gasteiger partial charge in [-0.1, -0.05) is 73.8 Å². The summed E-state index contributed by atoms with van der Waals surface area (Å²) in [6.45, 7) is 21.9. The molecule has 0 rings (SSSR count). The highest BCUT2D eigenvalue weighted by Gasteiger charge is 2.40. The van der Waals surface area contributed by atoms with E-state index in [9.17, 15) is 35.1 Å². The monoisotopic (exact) mass is 544 g/mol. The van der Waals surface area contributed by atoms with Crippen LogP contribution in [0, 0.1) is 23.7 Å². The van der Waals surface area contributed by atoms with Crippen molar-refractivity contribution in [1.82, 2.24) is 0 Å². The number of halogens is 8. The van der Waals surface area contributed by atoms with Crippen LogP contribution in [-0.2, 0) is 9.47 Å². The fourth-order valence-corrected chi connectivity index (χ4v) is 3.14. The van der Waals surface area contributed by atoms with Crippen molar-refractivity contribution < 1.29 is 44.6 Å². The van der Waals surface area contributed by atoms with Crippen molar-refractivity contribution in [3.63, 3.8) is 0 Å². The fourth-order valence-electron chi connectivity index (χ4n) is 3.14. The lowest BCUT2D eigenvalue weighted by atomic mass is 9.83. The molecule has 0 saturated heterocycles. The summed E-state index contributed by atoms with van der Waals surface area (Å²) in [4.78, 5) is 0. The number of hydrogen-bond acceptors (Lipinski definition) is 2. The Morgan fingerprint density at radius 1 is 0.730 bits per heavy atom. The van der Waals surface area contributed by atoms with E-state index in [1.165, 1.54) is 0 Å². The third-order valence-corrected chi connectivity index (χ3v) is 5.96. The second-order valence-corrected chi connectivity index (χ2v) is 9.58. The van der Waals surface area contributed by atoms with Gasteiger partial charge in [0.15, 0.2) is 23.2 Å². The highest BCUT2D eigenvalue weighted by Crippen LogP contribution is 2.38. The molecule has 37 heavy (non-hydrogen) atoms. The first kappa shape index (κ1) is 34.5. The molecular formula is C27H36F8O2. The van der Waals surface area contributed by atoms with Crippen LogP contribution in [0.25, 0.3) is 0 Å². The third kappa shape index (κ3) is 12.5. The Balaban J connectivity index is 5.27. The van der Waals surface area contributed by atoms with E-state index in [-0.39, 0.29) is 11.6 Å². The van der Waals surface area contributed by atoms with Crippen molar-refractivity contribution >= 4 is 0 Å². The van der Waals surface area contributed by atoms with Crippen LogP contribution in [0.5, 0.6) is 0 Å². The van der Waals surface area contributed by atoms with E-state index in [0.29, 0.717) is 30.6 Å². The molecule has 0 aromatic rings. The maximum Gasteiger partial charge on any atom is 0.573 e. The Labute approximate surface area is 214 Å². The maximum absolute atomic E-state index is 14.7. The van der Waals surface area contributed by atoms with E-state index in [2.05, 4.69) is 63.5 Å². The van der Waals surface area contributed by atoms with Crippen LogP contribution in [0.15, 0.2) is 72.5 Å². The van der Waals surface area contributed by atoms with Crippen LogP contribution in [0.3, 0.4) is 0 Å². The molecule has 0 radical (unpaired) electrons. The average molecular weight is 545 g/mol. The van der Waals surface area contributed by atoms with Crippen LogP contribution in [0.2, 0.25) is 0 Å². The Morgan fingerprint density at radius 2 is 1.22 bits per heavy atom. The zero-order valence-electron chi connectivity index (χ0n) is 21.9. The molecule has 2 nitrogen and oxygen atoms in total. The van der Waals surface area contributed by atoms with Crippen LogP contribution >= 0.6 is 0 Å². The number of alkyl halides is 5. The van der Waals surface area contributed by atoms with E-state index in [1.807, 2.05) is 0 Å². The lowest BCUT2D eigenvalue weighted by Gasteiger charge is -2.23. The molecule has 3 unspecified atom stereocenters. The minimum absolute atomic E-state index is 0.0115. The zero-order valence-corrected chi connectivity index (χ0v) is 21.9. The first-order valence-corrected chi connectivity index (χ1v) is 11.7. The molecular weight excluding hydrogens is 508 g/mol. The molecule has 10 heteroatoms. The Hall–Kier alpha value is -2.52. The molecule has 0 N–H and O–H groups in total. The minimum atomic E-state index is -5.28. The van der Waals surface area contributed by atoms with Crippen LogP contribution < -0.4 is 0 Å². The van der Waals surface area contributed by atoms with Gasteiger partial charge in [-0.2, -0.15) is 8.78 Å². The first-order valence-electron chi connectivity index (χ1n) is 11.7. The van der Waals surface area contributed by atoms with Gasteiger partial charge in [-0.05, 0) is 42.1 Å². The molecule has 0 saturated carbocycles. The third-order valence-electron chi connectivity index (χ3n) is 5.96. The van der Waals surface area contributed by atoms with Crippen molar-refractivity contribution in [2.45, 2.75) is 72.8 Å². The lowest BCUT2D eigenvalue weighted by Crippen LogP contribution is -2.23. The normalized spacial score (nSPS) is 16.0. The summed E-state index contributed by atoms with van der Waals surface area (Å²) in [5.41, 5.74) is -2.09. The van der Waals surface area contributed by atoms with Gasteiger partial charge < -0.3 is 9.47 Å². The molecule has 0 aliphatic rings. The Morgan fingerprint density at radius 3 is 1.68 bits per heavy atom. The topological polar surface area (TPSA) is 18.5 Å². The van der Waals surface area contributed by atoms with Gasteiger partial charge in [-0.25, -0.2) is 13.2 Å². The highest BCUT2D eigenvalue weighted by molar-refractivity contribution is 5.38. The van der Waals surface area contributed by atoms with Gasteiger partial charge in [0.05, 0.1) is 5.57 Å². The van der Waals surface area contributed by atoms with Gasteiger partial charge >= 0.3 is 12.5 Å². The zero-order chi connectivity index (χ0) is 29.3. The van der Waals surface area contributed by atoms with Crippen molar-refractivity contribution in [2.75, 3.05) is 0 Å². The highest BCUT2D eigenvalue weighted by atomic mass is 19.4.